The minimum atomic E-state index is 0. The number of aryl methyl sites for hydroxylation is 1. The molecule has 0 amide bonds. The maximum absolute atomic E-state index is 4.71. The summed E-state index contributed by atoms with van der Waals surface area (Å²) in [6.07, 6.45) is 0. The zero-order valence-electron chi connectivity index (χ0n) is 16.4. The maximum atomic E-state index is 4.71. The summed E-state index contributed by atoms with van der Waals surface area (Å²) in [5.41, 5.74) is 2.18. The molecule has 0 saturated carbocycles. The van der Waals surface area contributed by atoms with E-state index >= 15 is 0 Å². The van der Waals surface area contributed by atoms with Crippen LogP contribution < -0.4 is 10.6 Å². The molecule has 1 saturated heterocycles. The first-order chi connectivity index (χ1) is 12.0. The molecular formula is C19H31IN6. The van der Waals surface area contributed by atoms with Crippen molar-refractivity contribution in [3.63, 3.8) is 0 Å². The number of guanidine groups is 1. The van der Waals surface area contributed by atoms with Crippen molar-refractivity contribution in [1.82, 2.24) is 25.1 Å². The second-order valence-electron chi connectivity index (χ2n) is 7.28. The lowest BCUT2D eigenvalue weighted by Crippen LogP contribution is -2.46. The van der Waals surface area contributed by atoms with E-state index in [9.17, 15) is 0 Å². The zero-order chi connectivity index (χ0) is 18.0. The first-order valence-electron chi connectivity index (χ1n) is 9.11. The van der Waals surface area contributed by atoms with Crippen LogP contribution in [-0.4, -0.2) is 52.6 Å². The molecule has 1 aliphatic rings. The minimum absolute atomic E-state index is 0. The van der Waals surface area contributed by atoms with Gasteiger partial charge in [-0.3, -0.25) is 9.89 Å². The number of nitrogens with zero attached hydrogens (tertiary/aromatic N) is 4. The Labute approximate surface area is 173 Å². The summed E-state index contributed by atoms with van der Waals surface area (Å²) in [7, 11) is 3.88. The van der Waals surface area contributed by atoms with E-state index in [4.69, 9.17) is 4.98 Å². The average Bonchev–Trinajstić information content (AvgIpc) is 3.12. The number of fused-ring (bicyclic) bond motifs is 1. The van der Waals surface area contributed by atoms with E-state index < -0.39 is 0 Å². The Morgan fingerprint density at radius 3 is 2.65 bits per heavy atom. The molecule has 0 aliphatic carbocycles. The Balaban J connectivity index is 0.00000243. The Kier molecular flexibility index (Phi) is 7.28. The van der Waals surface area contributed by atoms with Gasteiger partial charge >= 0.3 is 0 Å². The fraction of sp³-hybridized carbons (Fsp3) is 0.579. The van der Waals surface area contributed by atoms with Gasteiger partial charge in [-0.2, -0.15) is 0 Å². The first kappa shape index (κ1) is 21.0. The lowest BCUT2D eigenvalue weighted by molar-refractivity contribution is 0.265. The number of hydrogen-bond donors (Lipinski definition) is 2. The average molecular weight is 470 g/mol. The predicted molar refractivity (Wildman–Crippen MR) is 119 cm³/mol. The second-order valence-corrected chi connectivity index (χ2v) is 7.28. The molecule has 2 N–H and O–H groups in total. The molecule has 7 heteroatoms. The van der Waals surface area contributed by atoms with Crippen molar-refractivity contribution in [2.24, 2.45) is 18.0 Å². The third-order valence-electron chi connectivity index (χ3n) is 5.21. The summed E-state index contributed by atoms with van der Waals surface area (Å²) in [6, 6.07) is 9.23. The van der Waals surface area contributed by atoms with Gasteiger partial charge in [-0.05, 0) is 31.9 Å². The van der Waals surface area contributed by atoms with E-state index in [1.807, 2.05) is 25.2 Å². The van der Waals surface area contributed by atoms with Gasteiger partial charge in [0.25, 0.3) is 0 Å². The molecule has 26 heavy (non-hydrogen) atoms. The number of benzene rings is 1. The molecule has 1 aliphatic heterocycles. The zero-order valence-corrected chi connectivity index (χ0v) is 18.7. The van der Waals surface area contributed by atoms with Crippen LogP contribution >= 0.6 is 24.0 Å². The van der Waals surface area contributed by atoms with Crippen LogP contribution in [0.5, 0.6) is 0 Å². The van der Waals surface area contributed by atoms with Crippen molar-refractivity contribution in [2.45, 2.75) is 39.4 Å². The summed E-state index contributed by atoms with van der Waals surface area (Å²) in [4.78, 5) is 11.6. The molecule has 144 valence electrons. The normalized spacial score (nSPS) is 21.2. The van der Waals surface area contributed by atoms with Gasteiger partial charge in [0.05, 0.1) is 17.6 Å². The van der Waals surface area contributed by atoms with Crippen LogP contribution in [0.3, 0.4) is 0 Å². The molecule has 0 bridgehead atoms. The van der Waals surface area contributed by atoms with Gasteiger partial charge in [-0.25, -0.2) is 4.98 Å². The highest BCUT2D eigenvalue weighted by Gasteiger charge is 2.31. The van der Waals surface area contributed by atoms with Gasteiger partial charge in [-0.15, -0.1) is 24.0 Å². The van der Waals surface area contributed by atoms with Crippen LogP contribution in [0.2, 0.25) is 0 Å². The summed E-state index contributed by atoms with van der Waals surface area (Å²) in [5.74, 6) is 2.46. The second kappa shape index (κ2) is 9.03. The third-order valence-corrected chi connectivity index (χ3v) is 5.21. The van der Waals surface area contributed by atoms with Crippen molar-refractivity contribution < 1.29 is 0 Å². The molecule has 2 atom stereocenters. The number of nitrogens with one attached hydrogen (secondary N) is 2. The molecule has 3 rings (SSSR count). The minimum Gasteiger partial charge on any atom is -0.352 e. The molecule has 1 aromatic carbocycles. The van der Waals surface area contributed by atoms with Gasteiger partial charge in [0.2, 0.25) is 0 Å². The molecule has 1 aromatic heterocycles. The topological polar surface area (TPSA) is 57.5 Å². The highest BCUT2D eigenvalue weighted by Crippen LogP contribution is 2.18. The van der Waals surface area contributed by atoms with Crippen LogP contribution in [0.1, 0.15) is 26.6 Å². The van der Waals surface area contributed by atoms with Crippen molar-refractivity contribution in [3.8, 4) is 0 Å². The van der Waals surface area contributed by atoms with Gasteiger partial charge in [0.15, 0.2) is 5.96 Å². The van der Waals surface area contributed by atoms with Crippen molar-refractivity contribution in [2.75, 3.05) is 20.1 Å². The molecular weight excluding hydrogens is 439 g/mol. The number of halogens is 1. The van der Waals surface area contributed by atoms with Gasteiger partial charge in [0.1, 0.15) is 5.82 Å². The molecule has 6 nitrogen and oxygen atoms in total. The van der Waals surface area contributed by atoms with Crippen LogP contribution in [0, 0.1) is 5.92 Å². The quantitative estimate of drug-likeness (QED) is 0.410. The third kappa shape index (κ3) is 4.49. The number of para-hydroxylation sites is 2. The van der Waals surface area contributed by atoms with Crippen LogP contribution in [0.25, 0.3) is 11.0 Å². The number of imidazole rings is 1. The predicted octanol–water partition coefficient (Wildman–Crippen LogP) is 2.59. The lowest BCUT2D eigenvalue weighted by Gasteiger charge is -2.21. The van der Waals surface area contributed by atoms with E-state index in [0.717, 1.165) is 35.9 Å². The van der Waals surface area contributed by atoms with E-state index in [1.165, 1.54) is 0 Å². The fourth-order valence-corrected chi connectivity index (χ4v) is 3.50. The van der Waals surface area contributed by atoms with Crippen molar-refractivity contribution in [3.05, 3.63) is 30.1 Å². The van der Waals surface area contributed by atoms with Crippen molar-refractivity contribution in [1.29, 1.82) is 0 Å². The largest absolute Gasteiger partial charge is 0.352 e. The Morgan fingerprint density at radius 2 is 2.04 bits per heavy atom. The number of hydrogen-bond acceptors (Lipinski definition) is 3. The highest BCUT2D eigenvalue weighted by atomic mass is 127. The lowest BCUT2D eigenvalue weighted by atomic mass is 10.1. The van der Waals surface area contributed by atoms with Crippen LogP contribution in [-0.2, 0) is 13.6 Å². The van der Waals surface area contributed by atoms with Crippen molar-refractivity contribution >= 4 is 41.0 Å². The standard InChI is InChI=1S/C19H30N6.HI/c1-13(2)25-11-14(3)16(12-25)23-19(20-4)21-10-18-22-15-8-6-7-9-17(15)24(18)5;/h6-9,13-14,16H,10-12H2,1-5H3,(H2,20,21,23);1H. The molecule has 2 aromatic rings. The van der Waals surface area contributed by atoms with E-state index in [2.05, 4.69) is 59.0 Å². The molecule has 1 fully saturated rings. The number of likely N-dealkylation sites (tertiary alicyclic amines) is 1. The number of rotatable bonds is 4. The molecule has 0 spiro atoms. The Morgan fingerprint density at radius 1 is 1.31 bits per heavy atom. The summed E-state index contributed by atoms with van der Waals surface area (Å²) in [6.45, 7) is 9.67. The smallest absolute Gasteiger partial charge is 0.191 e. The number of aromatic nitrogens is 2. The van der Waals surface area contributed by atoms with E-state index in [1.54, 1.807) is 0 Å². The van der Waals surface area contributed by atoms with Gasteiger partial charge in [0, 0.05) is 39.3 Å². The highest BCUT2D eigenvalue weighted by molar-refractivity contribution is 14.0. The number of aliphatic imine (C=N–C) groups is 1. The van der Waals surface area contributed by atoms with Crippen LogP contribution in [0.15, 0.2) is 29.3 Å². The SMILES string of the molecule is CN=C(NCc1nc2ccccc2n1C)NC1CN(C(C)C)CC1C.I. The molecule has 2 unspecified atom stereocenters. The van der Waals surface area contributed by atoms with Gasteiger partial charge < -0.3 is 15.2 Å². The Bertz CT molecular complexity index is 754. The van der Waals surface area contributed by atoms with Gasteiger partial charge in [-0.1, -0.05) is 19.1 Å². The first-order valence-corrected chi connectivity index (χ1v) is 9.11. The van der Waals surface area contributed by atoms with E-state index in [-0.39, 0.29) is 24.0 Å². The Hall–Kier alpha value is -1.35. The van der Waals surface area contributed by atoms with E-state index in [0.29, 0.717) is 24.5 Å². The maximum Gasteiger partial charge on any atom is 0.191 e. The summed E-state index contributed by atoms with van der Waals surface area (Å²) in [5, 5.41) is 7.00. The molecule has 0 radical (unpaired) electrons. The van der Waals surface area contributed by atoms with Crippen LogP contribution in [0.4, 0.5) is 0 Å². The monoisotopic (exact) mass is 470 g/mol. The fourth-order valence-electron chi connectivity index (χ4n) is 3.50. The summed E-state index contributed by atoms with van der Waals surface area (Å²) >= 11 is 0. The summed E-state index contributed by atoms with van der Waals surface area (Å²) < 4.78 is 2.13. The molecule has 2 heterocycles.